The normalized spacial score (nSPS) is 15.0. The monoisotopic (exact) mass is 458 g/mol. The van der Waals surface area contributed by atoms with Crippen LogP contribution in [0.4, 0.5) is 0 Å². The predicted octanol–water partition coefficient (Wildman–Crippen LogP) is 4.59. The van der Waals surface area contributed by atoms with Crippen LogP contribution in [-0.2, 0) is 16.1 Å². The van der Waals surface area contributed by atoms with Crippen LogP contribution in [0.25, 0.3) is 0 Å². The first kappa shape index (κ1) is 23.9. The molecule has 1 fully saturated rings. The van der Waals surface area contributed by atoms with E-state index in [1.807, 2.05) is 24.3 Å². The molecule has 0 aliphatic heterocycles. The molecule has 0 spiro atoms. The minimum absolute atomic E-state index is 0.137. The van der Waals surface area contributed by atoms with E-state index >= 15 is 0 Å². The highest BCUT2D eigenvalue weighted by molar-refractivity contribution is 6.30. The summed E-state index contributed by atoms with van der Waals surface area (Å²) < 4.78 is 10.9. The van der Waals surface area contributed by atoms with Crippen molar-refractivity contribution in [3.63, 3.8) is 0 Å². The summed E-state index contributed by atoms with van der Waals surface area (Å²) >= 11 is 6.00. The molecule has 2 aromatic carbocycles. The van der Waals surface area contributed by atoms with Gasteiger partial charge >= 0.3 is 0 Å². The van der Waals surface area contributed by atoms with Crippen LogP contribution in [0.5, 0.6) is 11.5 Å². The van der Waals surface area contributed by atoms with Gasteiger partial charge in [-0.05, 0) is 55.7 Å². The van der Waals surface area contributed by atoms with Gasteiger partial charge in [0.25, 0.3) is 5.91 Å². The Balaban J connectivity index is 1.70. The molecule has 1 saturated carbocycles. The molecule has 32 heavy (non-hydrogen) atoms. The molecule has 1 atom stereocenters. The molecule has 0 bridgehead atoms. The first-order valence-electron chi connectivity index (χ1n) is 11.1. The minimum Gasteiger partial charge on any atom is -0.497 e. The number of benzene rings is 2. The van der Waals surface area contributed by atoms with Crippen LogP contribution in [0.15, 0.2) is 48.5 Å². The Morgan fingerprint density at radius 3 is 2.47 bits per heavy atom. The van der Waals surface area contributed by atoms with Crippen molar-refractivity contribution < 1.29 is 19.1 Å². The van der Waals surface area contributed by atoms with Gasteiger partial charge in [-0.15, -0.1) is 0 Å². The number of hydrogen-bond donors (Lipinski definition) is 1. The number of rotatable bonds is 9. The van der Waals surface area contributed by atoms with Gasteiger partial charge in [0.15, 0.2) is 6.61 Å². The molecule has 0 heterocycles. The van der Waals surface area contributed by atoms with Gasteiger partial charge in [0.05, 0.1) is 7.11 Å². The molecular formula is C25H31ClN2O4. The third-order valence-corrected chi connectivity index (χ3v) is 6.02. The molecule has 172 valence electrons. The summed E-state index contributed by atoms with van der Waals surface area (Å²) in [6, 6.07) is 13.9. The van der Waals surface area contributed by atoms with E-state index in [0.717, 1.165) is 37.0 Å². The first-order valence-corrected chi connectivity index (χ1v) is 11.4. The van der Waals surface area contributed by atoms with Gasteiger partial charge in [0, 0.05) is 17.6 Å². The minimum atomic E-state index is -0.630. The molecule has 7 heteroatoms. The second-order valence-corrected chi connectivity index (χ2v) is 8.57. The van der Waals surface area contributed by atoms with E-state index in [-0.39, 0.29) is 24.5 Å². The van der Waals surface area contributed by atoms with Crippen LogP contribution in [0.3, 0.4) is 0 Å². The van der Waals surface area contributed by atoms with E-state index in [9.17, 15) is 9.59 Å². The van der Waals surface area contributed by atoms with Gasteiger partial charge < -0.3 is 19.7 Å². The van der Waals surface area contributed by atoms with Crippen molar-refractivity contribution in [2.45, 2.75) is 57.7 Å². The van der Waals surface area contributed by atoms with Crippen molar-refractivity contribution in [2.24, 2.45) is 0 Å². The van der Waals surface area contributed by atoms with Crippen molar-refractivity contribution in [3.05, 3.63) is 59.1 Å². The number of halogens is 1. The zero-order valence-electron chi connectivity index (χ0n) is 18.7. The molecule has 1 aliphatic rings. The van der Waals surface area contributed by atoms with Crippen molar-refractivity contribution in [1.29, 1.82) is 0 Å². The van der Waals surface area contributed by atoms with Crippen LogP contribution in [0.1, 0.15) is 44.6 Å². The Labute approximate surface area is 194 Å². The van der Waals surface area contributed by atoms with Crippen LogP contribution < -0.4 is 14.8 Å². The van der Waals surface area contributed by atoms with Crippen molar-refractivity contribution >= 4 is 23.4 Å². The molecule has 2 aromatic rings. The first-order chi connectivity index (χ1) is 15.5. The second kappa shape index (κ2) is 11.8. The van der Waals surface area contributed by atoms with Gasteiger partial charge in [0.1, 0.15) is 17.5 Å². The van der Waals surface area contributed by atoms with E-state index in [4.69, 9.17) is 21.1 Å². The van der Waals surface area contributed by atoms with Gasteiger partial charge in [-0.3, -0.25) is 9.59 Å². The fourth-order valence-corrected chi connectivity index (χ4v) is 4.04. The van der Waals surface area contributed by atoms with Crippen molar-refractivity contribution in [3.8, 4) is 11.5 Å². The maximum atomic E-state index is 13.1. The molecule has 3 rings (SSSR count). The van der Waals surface area contributed by atoms with Crippen LogP contribution in [0.2, 0.25) is 5.02 Å². The van der Waals surface area contributed by atoms with Crippen molar-refractivity contribution in [2.75, 3.05) is 13.7 Å². The molecule has 6 nitrogen and oxygen atoms in total. The quantitative estimate of drug-likeness (QED) is 0.596. The van der Waals surface area contributed by atoms with Gasteiger partial charge in [-0.25, -0.2) is 0 Å². The number of methoxy groups -OCH3 is 1. The Hall–Kier alpha value is -2.73. The molecular weight excluding hydrogens is 428 g/mol. The fraction of sp³-hybridized carbons (Fsp3) is 0.440. The van der Waals surface area contributed by atoms with E-state index in [2.05, 4.69) is 5.32 Å². The highest BCUT2D eigenvalue weighted by Gasteiger charge is 2.28. The number of ether oxygens (including phenoxy) is 2. The maximum absolute atomic E-state index is 13.1. The number of hydrogen-bond acceptors (Lipinski definition) is 4. The topological polar surface area (TPSA) is 67.9 Å². The highest BCUT2D eigenvalue weighted by atomic mass is 35.5. The van der Waals surface area contributed by atoms with E-state index in [1.54, 1.807) is 43.2 Å². The summed E-state index contributed by atoms with van der Waals surface area (Å²) in [7, 11) is 1.61. The Kier molecular flexibility index (Phi) is 8.80. The zero-order valence-corrected chi connectivity index (χ0v) is 19.4. The van der Waals surface area contributed by atoms with Crippen LogP contribution >= 0.6 is 11.6 Å². The standard InChI is InChI=1S/C25H31ClN2O4/c1-18(25(30)27-21-8-4-3-5-9-21)28(16-19-11-13-22(31-2)14-12-19)24(29)17-32-23-10-6-7-20(26)15-23/h6-7,10-15,18,21H,3-5,8-9,16-17H2,1-2H3,(H,27,30)/t18-/m1/s1. The maximum Gasteiger partial charge on any atom is 0.261 e. The van der Waals surface area contributed by atoms with Gasteiger partial charge in [-0.1, -0.05) is 49.1 Å². The predicted molar refractivity (Wildman–Crippen MR) is 125 cm³/mol. The molecule has 1 aliphatic carbocycles. The summed E-state index contributed by atoms with van der Waals surface area (Å²) in [6.45, 7) is 1.87. The summed E-state index contributed by atoms with van der Waals surface area (Å²) in [6.07, 6.45) is 5.44. The molecule has 2 amide bonds. The molecule has 0 radical (unpaired) electrons. The number of nitrogens with zero attached hydrogens (tertiary/aromatic N) is 1. The Bertz CT molecular complexity index is 897. The molecule has 1 N–H and O–H groups in total. The van der Waals surface area contributed by atoms with E-state index < -0.39 is 6.04 Å². The number of carbonyl (C=O) groups is 2. The Morgan fingerprint density at radius 1 is 1.09 bits per heavy atom. The zero-order chi connectivity index (χ0) is 22.9. The average molecular weight is 459 g/mol. The third-order valence-electron chi connectivity index (χ3n) is 5.79. The smallest absolute Gasteiger partial charge is 0.261 e. The third kappa shape index (κ3) is 6.89. The van der Waals surface area contributed by atoms with Crippen molar-refractivity contribution in [1.82, 2.24) is 10.2 Å². The molecule has 0 aromatic heterocycles. The van der Waals surface area contributed by atoms with E-state index in [0.29, 0.717) is 17.3 Å². The SMILES string of the molecule is COc1ccc(CN(C(=O)COc2cccc(Cl)c2)[C@H](C)C(=O)NC2CCCCC2)cc1. The highest BCUT2D eigenvalue weighted by Crippen LogP contribution is 2.20. The Morgan fingerprint density at radius 2 is 1.81 bits per heavy atom. The summed E-state index contributed by atoms with van der Waals surface area (Å²) in [5.41, 5.74) is 0.902. The molecule has 0 saturated heterocycles. The lowest BCUT2D eigenvalue weighted by molar-refractivity contribution is -0.142. The molecule has 0 unspecified atom stereocenters. The lowest BCUT2D eigenvalue weighted by atomic mass is 9.95. The fourth-order valence-electron chi connectivity index (χ4n) is 3.86. The largest absolute Gasteiger partial charge is 0.497 e. The lowest BCUT2D eigenvalue weighted by Gasteiger charge is -2.31. The average Bonchev–Trinajstić information content (AvgIpc) is 2.81. The number of nitrogens with one attached hydrogen (secondary N) is 1. The number of carbonyl (C=O) groups excluding carboxylic acids is 2. The lowest BCUT2D eigenvalue weighted by Crippen LogP contribution is -2.51. The van der Waals surface area contributed by atoms with E-state index in [1.165, 1.54) is 6.42 Å². The van der Waals surface area contributed by atoms with Crippen LogP contribution in [0, 0.1) is 0 Å². The van der Waals surface area contributed by atoms with Gasteiger partial charge in [0.2, 0.25) is 5.91 Å². The van der Waals surface area contributed by atoms with Crippen LogP contribution in [-0.4, -0.2) is 42.5 Å². The summed E-state index contributed by atoms with van der Waals surface area (Å²) in [4.78, 5) is 27.7. The summed E-state index contributed by atoms with van der Waals surface area (Å²) in [5.74, 6) is 0.835. The number of amides is 2. The van der Waals surface area contributed by atoms with Gasteiger partial charge in [-0.2, -0.15) is 0 Å². The summed E-state index contributed by atoms with van der Waals surface area (Å²) in [5, 5.41) is 3.66. The second-order valence-electron chi connectivity index (χ2n) is 8.14.